The van der Waals surface area contributed by atoms with Gasteiger partial charge in [-0.05, 0) is 63.9 Å². The van der Waals surface area contributed by atoms with Gasteiger partial charge in [0, 0.05) is 19.8 Å². The number of ether oxygens (including phenoxy) is 1. The Labute approximate surface area is 144 Å². The van der Waals surface area contributed by atoms with Crippen molar-refractivity contribution >= 4 is 60.5 Å². The summed E-state index contributed by atoms with van der Waals surface area (Å²) in [5.74, 6) is 0.791. The third-order valence-electron chi connectivity index (χ3n) is 2.68. The van der Waals surface area contributed by atoms with Crippen LogP contribution in [0.1, 0.15) is 24.8 Å². The molecule has 1 atom stereocenters. The van der Waals surface area contributed by atoms with Crippen molar-refractivity contribution in [3.63, 3.8) is 0 Å². The lowest BCUT2D eigenvalue weighted by Gasteiger charge is -2.18. The van der Waals surface area contributed by atoms with Crippen molar-refractivity contribution in [3.05, 3.63) is 42.4 Å². The van der Waals surface area contributed by atoms with Crippen LogP contribution in [-0.4, -0.2) is 6.61 Å². The largest absolute Gasteiger partial charge is 0.491 e. The fraction of sp³-hybridized carbons (Fsp3) is 0.286. The molecule has 0 aliphatic heterocycles. The lowest BCUT2D eigenvalue weighted by molar-refractivity contribution is 0.339. The highest BCUT2D eigenvalue weighted by molar-refractivity contribution is 9.10. The molecule has 1 N–H and O–H groups in total. The van der Waals surface area contributed by atoms with E-state index in [2.05, 4.69) is 55.5 Å². The molecule has 0 fully saturated rings. The van der Waals surface area contributed by atoms with Gasteiger partial charge in [-0.1, -0.05) is 11.6 Å². The number of halogens is 3. The molecule has 0 aliphatic carbocycles. The molecule has 0 radical (unpaired) electrons. The quantitative estimate of drug-likeness (QED) is 0.574. The SMILES string of the molecule is CCOc1c(Br)cc(Cl)cc1NC(C)c1cc(Br)cs1. The number of benzene rings is 1. The Morgan fingerprint density at radius 2 is 2.10 bits per heavy atom. The predicted molar refractivity (Wildman–Crippen MR) is 94.4 cm³/mol. The first-order chi connectivity index (χ1) is 9.51. The summed E-state index contributed by atoms with van der Waals surface area (Å²) in [7, 11) is 0. The van der Waals surface area contributed by atoms with E-state index in [0.717, 1.165) is 20.4 Å². The third kappa shape index (κ3) is 3.91. The zero-order chi connectivity index (χ0) is 14.7. The van der Waals surface area contributed by atoms with Crippen molar-refractivity contribution in [2.75, 3.05) is 11.9 Å². The van der Waals surface area contributed by atoms with Crippen molar-refractivity contribution in [1.29, 1.82) is 0 Å². The molecule has 1 aromatic carbocycles. The summed E-state index contributed by atoms with van der Waals surface area (Å²) < 4.78 is 7.65. The monoisotopic (exact) mass is 437 g/mol. The molecule has 2 aromatic rings. The van der Waals surface area contributed by atoms with E-state index in [1.54, 1.807) is 11.3 Å². The maximum atomic E-state index is 6.13. The fourth-order valence-electron chi connectivity index (χ4n) is 1.82. The van der Waals surface area contributed by atoms with E-state index >= 15 is 0 Å². The second-order valence-corrected chi connectivity index (χ2v) is 7.38. The van der Waals surface area contributed by atoms with Crippen molar-refractivity contribution in [3.8, 4) is 5.75 Å². The van der Waals surface area contributed by atoms with Crippen LogP contribution in [0.4, 0.5) is 5.69 Å². The first-order valence-electron chi connectivity index (χ1n) is 6.13. The minimum atomic E-state index is 0.177. The van der Waals surface area contributed by atoms with Gasteiger partial charge in [0.25, 0.3) is 0 Å². The summed E-state index contributed by atoms with van der Waals surface area (Å²) in [6.45, 7) is 4.68. The zero-order valence-corrected chi connectivity index (χ0v) is 15.8. The van der Waals surface area contributed by atoms with Gasteiger partial charge in [-0.3, -0.25) is 0 Å². The second kappa shape index (κ2) is 7.16. The molecule has 6 heteroatoms. The zero-order valence-electron chi connectivity index (χ0n) is 11.0. The molecular formula is C14H14Br2ClNOS. The van der Waals surface area contributed by atoms with Gasteiger partial charge >= 0.3 is 0 Å². The third-order valence-corrected chi connectivity index (χ3v) is 5.37. The van der Waals surface area contributed by atoms with E-state index in [4.69, 9.17) is 16.3 Å². The molecule has 0 spiro atoms. The molecule has 1 aromatic heterocycles. The van der Waals surface area contributed by atoms with Crippen LogP contribution in [0.25, 0.3) is 0 Å². The summed E-state index contributed by atoms with van der Waals surface area (Å²) >= 11 is 14.8. The van der Waals surface area contributed by atoms with Gasteiger partial charge in [0.05, 0.1) is 22.8 Å². The molecule has 0 saturated carbocycles. The normalized spacial score (nSPS) is 12.2. The van der Waals surface area contributed by atoms with Gasteiger partial charge in [-0.2, -0.15) is 0 Å². The van der Waals surface area contributed by atoms with Crippen LogP contribution in [0.5, 0.6) is 5.75 Å². The Balaban J connectivity index is 2.27. The first-order valence-corrected chi connectivity index (χ1v) is 8.98. The van der Waals surface area contributed by atoms with Crippen LogP contribution in [-0.2, 0) is 0 Å². The van der Waals surface area contributed by atoms with Crippen LogP contribution in [0.3, 0.4) is 0 Å². The topological polar surface area (TPSA) is 21.3 Å². The molecule has 0 bridgehead atoms. The summed E-state index contributed by atoms with van der Waals surface area (Å²) in [6, 6.07) is 6.01. The van der Waals surface area contributed by atoms with Crippen molar-refractivity contribution in [2.24, 2.45) is 0 Å². The van der Waals surface area contributed by atoms with Crippen LogP contribution in [0, 0.1) is 0 Å². The Bertz CT molecular complexity index is 603. The number of thiophene rings is 1. The lowest BCUT2D eigenvalue weighted by atomic mass is 10.2. The first kappa shape index (κ1) is 16.1. The molecule has 0 saturated heterocycles. The molecule has 1 heterocycles. The minimum absolute atomic E-state index is 0.177. The van der Waals surface area contributed by atoms with Crippen molar-refractivity contribution < 1.29 is 4.74 Å². The maximum Gasteiger partial charge on any atom is 0.156 e. The standard InChI is InChI=1S/C14H14Br2ClNOS/c1-3-19-14-11(16)5-10(17)6-12(14)18-8(2)13-4-9(15)7-20-13/h4-8,18H,3H2,1-2H3. The number of hydrogen-bond acceptors (Lipinski definition) is 3. The van der Waals surface area contributed by atoms with Gasteiger partial charge in [0.15, 0.2) is 5.75 Å². The van der Waals surface area contributed by atoms with Crippen LogP contribution in [0.15, 0.2) is 32.5 Å². The Morgan fingerprint density at radius 3 is 2.70 bits per heavy atom. The Morgan fingerprint density at radius 1 is 1.35 bits per heavy atom. The molecular weight excluding hydrogens is 425 g/mol. The highest BCUT2D eigenvalue weighted by Crippen LogP contribution is 2.39. The summed E-state index contributed by atoms with van der Waals surface area (Å²) in [5.41, 5.74) is 0.892. The summed E-state index contributed by atoms with van der Waals surface area (Å²) in [6.07, 6.45) is 0. The average molecular weight is 440 g/mol. The van der Waals surface area contributed by atoms with Gasteiger partial charge in [-0.25, -0.2) is 0 Å². The molecule has 1 unspecified atom stereocenters. The van der Waals surface area contributed by atoms with Gasteiger partial charge in [0.1, 0.15) is 0 Å². The van der Waals surface area contributed by atoms with E-state index in [0.29, 0.717) is 11.6 Å². The molecule has 2 rings (SSSR count). The number of hydrogen-bond donors (Lipinski definition) is 1. The Kier molecular flexibility index (Phi) is 5.78. The molecule has 0 aliphatic rings. The molecule has 108 valence electrons. The summed E-state index contributed by atoms with van der Waals surface area (Å²) in [5, 5.41) is 6.20. The molecule has 20 heavy (non-hydrogen) atoms. The van der Waals surface area contributed by atoms with E-state index in [-0.39, 0.29) is 6.04 Å². The fourth-order valence-corrected chi connectivity index (χ4v) is 4.20. The highest BCUT2D eigenvalue weighted by Gasteiger charge is 2.14. The Hall–Kier alpha value is -0.230. The van der Waals surface area contributed by atoms with Gasteiger partial charge < -0.3 is 10.1 Å². The smallest absolute Gasteiger partial charge is 0.156 e. The average Bonchev–Trinajstić information content (AvgIpc) is 2.80. The summed E-state index contributed by atoms with van der Waals surface area (Å²) in [4.78, 5) is 1.25. The second-order valence-electron chi connectivity index (χ2n) is 4.23. The maximum absolute atomic E-state index is 6.13. The lowest BCUT2D eigenvalue weighted by Crippen LogP contribution is -2.07. The van der Waals surface area contributed by atoms with Crippen LogP contribution in [0.2, 0.25) is 5.02 Å². The minimum Gasteiger partial charge on any atom is -0.491 e. The van der Waals surface area contributed by atoms with Crippen molar-refractivity contribution in [1.82, 2.24) is 0 Å². The van der Waals surface area contributed by atoms with E-state index in [1.807, 2.05) is 19.1 Å². The highest BCUT2D eigenvalue weighted by atomic mass is 79.9. The molecule has 2 nitrogen and oxygen atoms in total. The van der Waals surface area contributed by atoms with Crippen LogP contribution < -0.4 is 10.1 Å². The van der Waals surface area contributed by atoms with E-state index in [9.17, 15) is 0 Å². The molecule has 0 amide bonds. The number of nitrogens with one attached hydrogen (secondary N) is 1. The van der Waals surface area contributed by atoms with Gasteiger partial charge in [-0.15, -0.1) is 11.3 Å². The van der Waals surface area contributed by atoms with E-state index < -0.39 is 0 Å². The van der Waals surface area contributed by atoms with Crippen molar-refractivity contribution in [2.45, 2.75) is 19.9 Å². The number of anilines is 1. The van der Waals surface area contributed by atoms with E-state index in [1.165, 1.54) is 4.88 Å². The van der Waals surface area contributed by atoms with Crippen LogP contribution >= 0.6 is 54.8 Å². The predicted octanol–water partition coefficient (Wildman–Crippen LogP) is 6.50. The number of rotatable bonds is 5. The van der Waals surface area contributed by atoms with Gasteiger partial charge in [0.2, 0.25) is 0 Å².